The molecule has 13 rings (SSSR count). The molecule has 0 unspecified atom stereocenters. The lowest BCUT2D eigenvalue weighted by atomic mass is 10.0. The van der Waals surface area contributed by atoms with Crippen LogP contribution in [0, 0.1) is 0 Å². The number of hydrogen-bond donors (Lipinski definition) is 0. The Morgan fingerprint density at radius 1 is 0.297 bits per heavy atom. The van der Waals surface area contributed by atoms with Gasteiger partial charge in [0.1, 0.15) is 11.2 Å². The van der Waals surface area contributed by atoms with Crippen molar-refractivity contribution in [3.8, 4) is 22.5 Å². The first-order valence-electron chi connectivity index (χ1n) is 22.0. The van der Waals surface area contributed by atoms with Gasteiger partial charge in [-0.15, -0.1) is 0 Å². The van der Waals surface area contributed by atoms with E-state index in [1.807, 2.05) is 6.07 Å². The van der Waals surface area contributed by atoms with Crippen molar-refractivity contribution >= 4 is 94.4 Å². The first-order valence-corrected chi connectivity index (χ1v) is 24.0. The standard InChI is InChI=1S/C60H40N2OSi/c1-4-19-44(20-5-1)64(45-21-6-2-7-22-45,46-23-8-3-9-24-46)47-25-16-18-42(39-47)61-55-31-13-11-27-50(55)52-37-35-43(40-58(52)61)62-56-32-14-10-26-49(56)51-36-34-41(38-57(51)62)48-29-17-30-54-53-28-12-15-33-59(53)63-60(48)54/h1-40H. The summed E-state index contributed by atoms with van der Waals surface area (Å²) in [5.74, 6) is 0. The molecule has 0 bridgehead atoms. The summed E-state index contributed by atoms with van der Waals surface area (Å²) in [5.41, 5.74) is 11.0. The molecule has 4 heteroatoms. The van der Waals surface area contributed by atoms with Crippen LogP contribution in [0.2, 0.25) is 0 Å². The first kappa shape index (κ1) is 36.5. The highest BCUT2D eigenvalue weighted by molar-refractivity contribution is 7.19. The molecule has 0 saturated carbocycles. The molecule has 0 aliphatic rings. The van der Waals surface area contributed by atoms with E-state index in [-0.39, 0.29) is 0 Å². The minimum Gasteiger partial charge on any atom is -0.455 e. The molecule has 13 aromatic rings. The number of hydrogen-bond acceptors (Lipinski definition) is 1. The Morgan fingerprint density at radius 2 is 0.766 bits per heavy atom. The van der Waals surface area contributed by atoms with Crippen LogP contribution in [0.4, 0.5) is 0 Å². The number of fused-ring (bicyclic) bond motifs is 9. The van der Waals surface area contributed by atoms with Gasteiger partial charge < -0.3 is 13.6 Å². The zero-order chi connectivity index (χ0) is 42.2. The Labute approximate surface area is 371 Å². The molecule has 0 aliphatic carbocycles. The predicted octanol–water partition coefficient (Wildman–Crippen LogP) is 12.8. The van der Waals surface area contributed by atoms with Gasteiger partial charge in [-0.3, -0.25) is 0 Å². The fourth-order valence-corrected chi connectivity index (χ4v) is 15.5. The SMILES string of the molecule is c1ccc([Si](c2ccccc2)(c2ccccc2)c2cccc(-n3c4ccccc4c4ccc(-n5c6ccccc6c6ccc(-c7cccc8c7oc7ccccc78)cc65)cc43)c2)cc1. The molecule has 0 spiro atoms. The van der Waals surface area contributed by atoms with Crippen LogP contribution < -0.4 is 20.7 Å². The second-order valence-electron chi connectivity index (χ2n) is 16.8. The average Bonchev–Trinajstić information content (AvgIpc) is 4.03. The number of furan rings is 1. The van der Waals surface area contributed by atoms with E-state index in [0.717, 1.165) is 55.5 Å². The quantitative estimate of drug-likeness (QED) is 0.116. The minimum atomic E-state index is -2.78. The van der Waals surface area contributed by atoms with E-state index in [9.17, 15) is 0 Å². The molecule has 3 aromatic heterocycles. The third kappa shape index (κ3) is 5.39. The van der Waals surface area contributed by atoms with Gasteiger partial charge in [-0.1, -0.05) is 194 Å². The molecular formula is C60H40N2OSi. The van der Waals surface area contributed by atoms with Gasteiger partial charge in [-0.2, -0.15) is 0 Å². The van der Waals surface area contributed by atoms with Crippen LogP contribution >= 0.6 is 0 Å². The van der Waals surface area contributed by atoms with E-state index in [2.05, 4.69) is 246 Å². The van der Waals surface area contributed by atoms with Crippen LogP contribution in [0.3, 0.4) is 0 Å². The fraction of sp³-hybridized carbons (Fsp3) is 0. The molecule has 0 aliphatic heterocycles. The Balaban J connectivity index is 1.05. The van der Waals surface area contributed by atoms with Gasteiger partial charge >= 0.3 is 0 Å². The number of aromatic nitrogens is 2. The molecule has 0 radical (unpaired) electrons. The van der Waals surface area contributed by atoms with Crippen molar-refractivity contribution in [3.05, 3.63) is 243 Å². The lowest BCUT2D eigenvalue weighted by Crippen LogP contribution is -2.74. The zero-order valence-corrected chi connectivity index (χ0v) is 35.9. The lowest BCUT2D eigenvalue weighted by Gasteiger charge is -2.34. The molecule has 0 N–H and O–H groups in total. The second-order valence-corrected chi connectivity index (χ2v) is 20.6. The summed E-state index contributed by atoms with van der Waals surface area (Å²) in [5, 5.41) is 12.6. The molecule has 300 valence electrons. The Morgan fingerprint density at radius 3 is 1.41 bits per heavy atom. The first-order chi connectivity index (χ1) is 31.8. The summed E-state index contributed by atoms with van der Waals surface area (Å²) in [6.45, 7) is 0. The average molecular weight is 833 g/mol. The topological polar surface area (TPSA) is 23.0 Å². The van der Waals surface area contributed by atoms with Crippen LogP contribution in [0.1, 0.15) is 0 Å². The molecule has 0 amide bonds. The highest BCUT2D eigenvalue weighted by atomic mass is 28.3. The van der Waals surface area contributed by atoms with Gasteiger partial charge in [0.05, 0.1) is 22.1 Å². The van der Waals surface area contributed by atoms with Gasteiger partial charge in [0, 0.05) is 49.3 Å². The van der Waals surface area contributed by atoms with Crippen LogP contribution in [-0.2, 0) is 0 Å². The normalized spacial score (nSPS) is 12.1. The second kappa shape index (κ2) is 14.5. The summed E-state index contributed by atoms with van der Waals surface area (Å²) in [6, 6.07) is 89.3. The summed E-state index contributed by atoms with van der Waals surface area (Å²) in [4.78, 5) is 0. The van der Waals surface area contributed by atoms with Crippen molar-refractivity contribution in [2.24, 2.45) is 0 Å². The fourth-order valence-electron chi connectivity index (χ4n) is 10.7. The third-order valence-electron chi connectivity index (χ3n) is 13.5. The van der Waals surface area contributed by atoms with Gasteiger partial charge in [0.2, 0.25) is 0 Å². The van der Waals surface area contributed by atoms with Gasteiger partial charge in [0.25, 0.3) is 0 Å². The van der Waals surface area contributed by atoms with Gasteiger partial charge in [0.15, 0.2) is 8.07 Å². The number of nitrogens with zero attached hydrogens (tertiary/aromatic N) is 2. The number of rotatable bonds is 7. The minimum absolute atomic E-state index is 0.905. The molecule has 0 fully saturated rings. The molecule has 10 aromatic carbocycles. The zero-order valence-electron chi connectivity index (χ0n) is 34.9. The smallest absolute Gasteiger partial charge is 0.179 e. The Hall–Kier alpha value is -8.18. The number of para-hydroxylation sites is 4. The van der Waals surface area contributed by atoms with Crippen LogP contribution in [0.15, 0.2) is 247 Å². The van der Waals surface area contributed by atoms with Crippen LogP contribution in [-0.4, -0.2) is 17.2 Å². The molecule has 3 nitrogen and oxygen atoms in total. The van der Waals surface area contributed by atoms with E-state index < -0.39 is 8.07 Å². The highest BCUT2D eigenvalue weighted by Gasteiger charge is 2.41. The van der Waals surface area contributed by atoms with Crippen molar-refractivity contribution in [1.29, 1.82) is 0 Å². The van der Waals surface area contributed by atoms with Crippen LogP contribution in [0.25, 0.3) is 88.1 Å². The van der Waals surface area contributed by atoms with Crippen molar-refractivity contribution in [2.75, 3.05) is 0 Å². The van der Waals surface area contributed by atoms with Crippen molar-refractivity contribution in [3.63, 3.8) is 0 Å². The maximum Gasteiger partial charge on any atom is 0.179 e. The van der Waals surface area contributed by atoms with Crippen molar-refractivity contribution in [1.82, 2.24) is 9.13 Å². The van der Waals surface area contributed by atoms with E-state index in [0.29, 0.717) is 0 Å². The summed E-state index contributed by atoms with van der Waals surface area (Å²) in [7, 11) is -2.78. The largest absolute Gasteiger partial charge is 0.455 e. The summed E-state index contributed by atoms with van der Waals surface area (Å²) < 4.78 is 11.5. The molecular weight excluding hydrogens is 793 g/mol. The highest BCUT2D eigenvalue weighted by Crippen LogP contribution is 2.40. The van der Waals surface area contributed by atoms with E-state index in [1.54, 1.807) is 0 Å². The summed E-state index contributed by atoms with van der Waals surface area (Å²) in [6.07, 6.45) is 0. The molecule has 0 saturated heterocycles. The van der Waals surface area contributed by atoms with E-state index in [4.69, 9.17) is 4.42 Å². The predicted molar refractivity (Wildman–Crippen MR) is 271 cm³/mol. The van der Waals surface area contributed by atoms with Crippen LogP contribution in [0.5, 0.6) is 0 Å². The molecule has 3 heterocycles. The number of benzene rings is 10. The maximum atomic E-state index is 6.55. The Kier molecular flexibility index (Phi) is 8.23. The van der Waals surface area contributed by atoms with Gasteiger partial charge in [-0.05, 0) is 74.8 Å². The monoisotopic (exact) mass is 832 g/mol. The van der Waals surface area contributed by atoms with Crippen molar-refractivity contribution < 1.29 is 4.42 Å². The Bertz CT molecular complexity index is 3800. The van der Waals surface area contributed by atoms with E-state index in [1.165, 1.54) is 53.3 Å². The van der Waals surface area contributed by atoms with Crippen molar-refractivity contribution in [2.45, 2.75) is 0 Å². The van der Waals surface area contributed by atoms with E-state index >= 15 is 0 Å². The molecule has 0 atom stereocenters. The third-order valence-corrected chi connectivity index (χ3v) is 18.2. The van der Waals surface area contributed by atoms with Gasteiger partial charge in [-0.25, -0.2) is 0 Å². The lowest BCUT2D eigenvalue weighted by molar-refractivity contribution is 0.670. The molecule has 64 heavy (non-hydrogen) atoms. The summed E-state index contributed by atoms with van der Waals surface area (Å²) >= 11 is 0. The maximum absolute atomic E-state index is 6.55.